The maximum Gasteiger partial charge on any atom is 0.226 e. The molecule has 0 fully saturated rings. The van der Waals surface area contributed by atoms with Crippen molar-refractivity contribution in [3.8, 4) is 0 Å². The maximum absolute atomic E-state index is 9.26. The number of aliphatic hydroxyl groups excluding tert-OH is 1. The number of aryl methyl sites for hydroxylation is 1. The number of benzene rings is 1. The Balaban J connectivity index is 2.31. The van der Waals surface area contributed by atoms with Crippen molar-refractivity contribution in [2.75, 3.05) is 18.1 Å². The molecule has 1 aromatic heterocycles. The number of hydrogen-bond donors (Lipinski definition) is 3. The van der Waals surface area contributed by atoms with Crippen LogP contribution in [0.1, 0.15) is 17.0 Å². The lowest BCUT2D eigenvalue weighted by Crippen LogP contribution is -2.29. The average Bonchev–Trinajstić information content (AvgIpc) is 2.47. The second kappa shape index (κ2) is 6.81. The monoisotopic (exact) mass is 285 g/mol. The molecule has 0 aliphatic carbocycles. The molecule has 6 heteroatoms. The standard InChI is InChI=1S/C15H19N5O/c1-11-9-13(14(16)17)19-15(18-11)20(7-8-21)10-12-5-3-2-4-6-12/h2-6,9,21H,7-8,10H2,1H3,(H3,16,17). The van der Waals surface area contributed by atoms with Gasteiger partial charge in [-0.1, -0.05) is 30.3 Å². The van der Waals surface area contributed by atoms with Crippen molar-refractivity contribution in [1.29, 1.82) is 5.41 Å². The Morgan fingerprint density at radius 3 is 2.62 bits per heavy atom. The fourth-order valence-corrected chi connectivity index (χ4v) is 2.01. The molecule has 0 aliphatic rings. The second-order valence-corrected chi connectivity index (χ2v) is 4.74. The molecule has 0 bridgehead atoms. The summed E-state index contributed by atoms with van der Waals surface area (Å²) in [4.78, 5) is 10.6. The molecule has 0 saturated heterocycles. The number of nitrogens with two attached hydrogens (primary N) is 1. The molecule has 2 rings (SSSR count). The predicted molar refractivity (Wildman–Crippen MR) is 82.4 cm³/mol. The molecule has 0 atom stereocenters. The van der Waals surface area contributed by atoms with Gasteiger partial charge in [-0.2, -0.15) is 0 Å². The summed E-state index contributed by atoms with van der Waals surface area (Å²) < 4.78 is 0. The zero-order valence-corrected chi connectivity index (χ0v) is 12.0. The number of rotatable bonds is 6. The Hall–Kier alpha value is -2.47. The highest BCUT2D eigenvalue weighted by molar-refractivity contribution is 5.93. The van der Waals surface area contributed by atoms with Gasteiger partial charge < -0.3 is 15.7 Å². The highest BCUT2D eigenvalue weighted by atomic mass is 16.3. The van der Waals surface area contributed by atoms with Crippen molar-refractivity contribution in [3.63, 3.8) is 0 Å². The van der Waals surface area contributed by atoms with Gasteiger partial charge in [0.1, 0.15) is 11.5 Å². The molecule has 110 valence electrons. The molecule has 21 heavy (non-hydrogen) atoms. The number of aromatic nitrogens is 2. The van der Waals surface area contributed by atoms with Gasteiger partial charge in [0, 0.05) is 18.8 Å². The van der Waals surface area contributed by atoms with Crippen molar-refractivity contribution in [2.45, 2.75) is 13.5 Å². The number of amidine groups is 1. The van der Waals surface area contributed by atoms with Crippen LogP contribution in [0.15, 0.2) is 36.4 Å². The maximum atomic E-state index is 9.26. The fourth-order valence-electron chi connectivity index (χ4n) is 2.01. The molecule has 0 aliphatic heterocycles. The van der Waals surface area contributed by atoms with Gasteiger partial charge in [0.25, 0.3) is 0 Å². The zero-order chi connectivity index (χ0) is 15.2. The number of nitrogens with one attached hydrogen (secondary N) is 1. The van der Waals surface area contributed by atoms with E-state index >= 15 is 0 Å². The van der Waals surface area contributed by atoms with Crippen LogP contribution in [0.4, 0.5) is 5.95 Å². The summed E-state index contributed by atoms with van der Waals surface area (Å²) in [6.07, 6.45) is 0. The van der Waals surface area contributed by atoms with Crippen LogP contribution in [-0.4, -0.2) is 34.1 Å². The van der Waals surface area contributed by atoms with Crippen LogP contribution in [0.5, 0.6) is 0 Å². The van der Waals surface area contributed by atoms with E-state index < -0.39 is 0 Å². The van der Waals surface area contributed by atoms with Crippen molar-refractivity contribution in [3.05, 3.63) is 53.3 Å². The number of nitrogens with zero attached hydrogens (tertiary/aromatic N) is 3. The first-order valence-corrected chi connectivity index (χ1v) is 6.70. The summed E-state index contributed by atoms with van der Waals surface area (Å²) in [5.41, 5.74) is 7.73. The van der Waals surface area contributed by atoms with E-state index in [9.17, 15) is 5.11 Å². The average molecular weight is 285 g/mol. The van der Waals surface area contributed by atoms with E-state index in [1.807, 2.05) is 42.2 Å². The molecular formula is C15H19N5O. The Morgan fingerprint density at radius 2 is 2.00 bits per heavy atom. The molecular weight excluding hydrogens is 266 g/mol. The number of aliphatic hydroxyl groups is 1. The van der Waals surface area contributed by atoms with Crippen LogP contribution in [0, 0.1) is 12.3 Å². The minimum absolute atomic E-state index is 0.000456. The van der Waals surface area contributed by atoms with E-state index in [0.29, 0.717) is 24.7 Å². The van der Waals surface area contributed by atoms with E-state index in [1.54, 1.807) is 6.07 Å². The van der Waals surface area contributed by atoms with Crippen LogP contribution < -0.4 is 10.6 Å². The quantitative estimate of drug-likeness (QED) is 0.544. The molecule has 0 unspecified atom stereocenters. The first kappa shape index (κ1) is 14.9. The van der Waals surface area contributed by atoms with Crippen molar-refractivity contribution < 1.29 is 5.11 Å². The lowest BCUT2D eigenvalue weighted by molar-refractivity contribution is 0.300. The third kappa shape index (κ3) is 4.00. The van der Waals surface area contributed by atoms with Crippen LogP contribution in [0.25, 0.3) is 0 Å². The van der Waals surface area contributed by atoms with Gasteiger partial charge in [-0.3, -0.25) is 5.41 Å². The van der Waals surface area contributed by atoms with Crippen LogP contribution in [-0.2, 0) is 6.54 Å². The highest BCUT2D eigenvalue weighted by Crippen LogP contribution is 2.14. The lowest BCUT2D eigenvalue weighted by Gasteiger charge is -2.22. The Morgan fingerprint density at radius 1 is 1.29 bits per heavy atom. The van der Waals surface area contributed by atoms with E-state index in [2.05, 4.69) is 9.97 Å². The smallest absolute Gasteiger partial charge is 0.226 e. The number of anilines is 1. The SMILES string of the molecule is Cc1cc(C(=N)N)nc(N(CCO)Cc2ccccc2)n1. The third-order valence-electron chi connectivity index (χ3n) is 2.99. The number of nitrogen functional groups attached to an aromatic ring is 1. The largest absolute Gasteiger partial charge is 0.395 e. The molecule has 0 saturated carbocycles. The Kier molecular flexibility index (Phi) is 4.84. The second-order valence-electron chi connectivity index (χ2n) is 4.74. The first-order valence-electron chi connectivity index (χ1n) is 6.70. The first-order chi connectivity index (χ1) is 10.1. The van der Waals surface area contributed by atoms with Gasteiger partial charge >= 0.3 is 0 Å². The fraction of sp³-hybridized carbons (Fsp3) is 0.267. The Labute approximate surface area is 123 Å². The van der Waals surface area contributed by atoms with Gasteiger partial charge in [0.05, 0.1) is 6.61 Å². The van der Waals surface area contributed by atoms with Gasteiger partial charge in [-0.25, -0.2) is 9.97 Å². The topological polar surface area (TPSA) is 99.1 Å². The van der Waals surface area contributed by atoms with E-state index in [4.69, 9.17) is 11.1 Å². The molecule has 1 aromatic carbocycles. The van der Waals surface area contributed by atoms with Crippen molar-refractivity contribution in [1.82, 2.24) is 9.97 Å². The molecule has 0 amide bonds. The summed E-state index contributed by atoms with van der Waals surface area (Å²) in [6, 6.07) is 11.6. The van der Waals surface area contributed by atoms with Gasteiger partial charge in [-0.15, -0.1) is 0 Å². The lowest BCUT2D eigenvalue weighted by atomic mass is 10.2. The van der Waals surface area contributed by atoms with Crippen molar-refractivity contribution in [2.24, 2.45) is 5.73 Å². The summed E-state index contributed by atoms with van der Waals surface area (Å²) in [5, 5.41) is 16.8. The summed E-state index contributed by atoms with van der Waals surface area (Å²) >= 11 is 0. The van der Waals surface area contributed by atoms with Gasteiger partial charge in [0.2, 0.25) is 5.95 Å². The van der Waals surface area contributed by atoms with Crippen molar-refractivity contribution >= 4 is 11.8 Å². The van der Waals surface area contributed by atoms with E-state index in [1.165, 1.54) is 0 Å². The van der Waals surface area contributed by atoms with Crippen LogP contribution >= 0.6 is 0 Å². The summed E-state index contributed by atoms with van der Waals surface area (Å²) in [6.45, 7) is 2.83. The number of hydrogen-bond acceptors (Lipinski definition) is 5. The third-order valence-corrected chi connectivity index (χ3v) is 2.99. The molecule has 6 nitrogen and oxygen atoms in total. The highest BCUT2D eigenvalue weighted by Gasteiger charge is 2.12. The minimum atomic E-state index is -0.0922. The molecule has 0 spiro atoms. The molecule has 0 radical (unpaired) electrons. The zero-order valence-electron chi connectivity index (χ0n) is 12.0. The van der Waals surface area contributed by atoms with Crippen LogP contribution in [0.2, 0.25) is 0 Å². The minimum Gasteiger partial charge on any atom is -0.395 e. The van der Waals surface area contributed by atoms with E-state index in [0.717, 1.165) is 11.3 Å². The molecule has 2 aromatic rings. The predicted octanol–water partition coefficient (Wildman–Crippen LogP) is 1.07. The molecule has 1 heterocycles. The van der Waals surface area contributed by atoms with Gasteiger partial charge in [0.15, 0.2) is 0 Å². The Bertz CT molecular complexity index is 615. The van der Waals surface area contributed by atoms with Crippen LogP contribution in [0.3, 0.4) is 0 Å². The molecule has 4 N–H and O–H groups in total. The van der Waals surface area contributed by atoms with Gasteiger partial charge in [-0.05, 0) is 18.6 Å². The normalized spacial score (nSPS) is 10.4. The summed E-state index contributed by atoms with van der Waals surface area (Å²) in [5.74, 6) is 0.378. The van der Waals surface area contributed by atoms with E-state index in [-0.39, 0.29) is 12.4 Å². The summed E-state index contributed by atoms with van der Waals surface area (Å²) in [7, 11) is 0.